The van der Waals surface area contributed by atoms with Gasteiger partial charge in [-0.15, -0.1) is 0 Å². The molecule has 4 rings (SSSR count). The highest BCUT2D eigenvalue weighted by Crippen LogP contribution is 2.42. The first-order valence-electron chi connectivity index (χ1n) is 9.60. The van der Waals surface area contributed by atoms with E-state index in [4.69, 9.17) is 9.47 Å². The number of aromatic nitrogens is 2. The van der Waals surface area contributed by atoms with Crippen molar-refractivity contribution in [2.75, 3.05) is 11.0 Å². The largest absolute Gasteiger partial charge is 0.452 e. The molecule has 0 aliphatic heterocycles. The lowest BCUT2D eigenvalue weighted by atomic mass is 10.1. The van der Waals surface area contributed by atoms with E-state index >= 15 is 0 Å². The summed E-state index contributed by atoms with van der Waals surface area (Å²) in [6.45, 7) is 1.65. The lowest BCUT2D eigenvalue weighted by Crippen LogP contribution is -2.10. The summed E-state index contributed by atoms with van der Waals surface area (Å²) in [5.74, 6) is -1.38. The van der Waals surface area contributed by atoms with E-state index in [2.05, 4.69) is 9.97 Å². The van der Waals surface area contributed by atoms with Crippen LogP contribution in [0.25, 0.3) is 0 Å². The van der Waals surface area contributed by atoms with Crippen LogP contribution in [0.1, 0.15) is 29.9 Å². The Labute approximate surface area is 187 Å². The Morgan fingerprint density at radius 3 is 2.38 bits per heavy atom. The molecule has 0 bridgehead atoms. The highest BCUT2D eigenvalue weighted by Gasteiger charge is 2.25. The molecule has 7 nitrogen and oxygen atoms in total. The van der Waals surface area contributed by atoms with Gasteiger partial charge >= 0.3 is 0 Å². The van der Waals surface area contributed by atoms with Crippen molar-refractivity contribution >= 4 is 25.7 Å². The molecule has 11 heteroatoms. The summed E-state index contributed by atoms with van der Waals surface area (Å²) < 4.78 is 65.9. The van der Waals surface area contributed by atoms with E-state index in [-0.39, 0.29) is 23.0 Å². The summed E-state index contributed by atoms with van der Waals surface area (Å²) >= 11 is 0. The van der Waals surface area contributed by atoms with Crippen LogP contribution in [0.4, 0.5) is 14.6 Å². The smallest absolute Gasteiger partial charge is 0.287 e. The number of rotatable bonds is 8. The van der Waals surface area contributed by atoms with Gasteiger partial charge in [-0.05, 0) is 60.4 Å². The molecule has 1 saturated carbocycles. The Hall–Kier alpha value is -2.92. The normalized spacial score (nSPS) is 13.6. The maximum Gasteiger partial charge on any atom is 0.287 e. The van der Waals surface area contributed by atoms with Crippen molar-refractivity contribution in [2.24, 2.45) is 0 Å². The third-order valence-electron chi connectivity index (χ3n) is 4.86. The Kier molecular flexibility index (Phi) is 6.20. The fraction of sp³-hybridized carbons (Fsp3) is 0.238. The Bertz CT molecular complexity index is 1270. The molecule has 0 atom stereocenters. The minimum Gasteiger partial charge on any atom is -0.452 e. The van der Waals surface area contributed by atoms with Crippen molar-refractivity contribution in [3.63, 3.8) is 0 Å². The zero-order valence-corrected chi connectivity index (χ0v) is 18.8. The van der Waals surface area contributed by atoms with Gasteiger partial charge < -0.3 is 9.47 Å². The topological polar surface area (TPSA) is 90.4 Å². The second-order valence-corrected chi connectivity index (χ2v) is 10.9. The van der Waals surface area contributed by atoms with Crippen molar-refractivity contribution in [1.29, 1.82) is 0 Å². The summed E-state index contributed by atoms with van der Waals surface area (Å²) in [7, 11) is -3.29. The van der Waals surface area contributed by atoms with Gasteiger partial charge in [0.05, 0.1) is 12.4 Å². The Morgan fingerprint density at radius 1 is 1.06 bits per heavy atom. The fourth-order valence-electron chi connectivity index (χ4n) is 2.94. The third-order valence-corrected chi connectivity index (χ3v) is 7.31. The SMILES string of the molecule is CSS(=O)(=O)Nc1nccc(Oc2cncc(Oc3ccc(C4CC4)cc3F)c2C)c1F. The molecule has 0 unspecified atom stereocenters. The van der Waals surface area contributed by atoms with E-state index in [0.29, 0.717) is 22.3 Å². The van der Waals surface area contributed by atoms with Crippen LogP contribution < -0.4 is 14.2 Å². The highest BCUT2D eigenvalue weighted by molar-refractivity contribution is 8.72. The third kappa shape index (κ3) is 4.94. The molecular formula is C21H19F2N3O4S2. The van der Waals surface area contributed by atoms with Crippen molar-refractivity contribution in [3.05, 3.63) is 65.6 Å². The minimum atomic E-state index is -3.80. The molecule has 3 aromatic rings. The van der Waals surface area contributed by atoms with E-state index in [9.17, 15) is 17.2 Å². The van der Waals surface area contributed by atoms with Gasteiger partial charge in [-0.3, -0.25) is 9.71 Å². The van der Waals surface area contributed by atoms with Gasteiger partial charge in [-0.1, -0.05) is 6.07 Å². The van der Waals surface area contributed by atoms with Crippen LogP contribution in [0, 0.1) is 18.6 Å². The zero-order valence-electron chi connectivity index (χ0n) is 17.1. The second kappa shape index (κ2) is 8.91. The first kappa shape index (κ1) is 22.3. The monoisotopic (exact) mass is 479 g/mol. The summed E-state index contributed by atoms with van der Waals surface area (Å²) in [6.07, 6.45) is 7.42. The van der Waals surface area contributed by atoms with Crippen molar-refractivity contribution in [3.8, 4) is 23.0 Å². The summed E-state index contributed by atoms with van der Waals surface area (Å²) in [5.41, 5.74) is 1.40. The lowest BCUT2D eigenvalue weighted by Gasteiger charge is -2.14. The molecule has 168 valence electrons. The van der Waals surface area contributed by atoms with Crippen LogP contribution in [0.5, 0.6) is 23.0 Å². The fourth-order valence-corrected chi connectivity index (χ4v) is 3.89. The second-order valence-electron chi connectivity index (χ2n) is 7.12. The molecule has 32 heavy (non-hydrogen) atoms. The van der Waals surface area contributed by atoms with Crippen LogP contribution in [-0.2, 0) is 9.06 Å². The van der Waals surface area contributed by atoms with Crippen molar-refractivity contribution in [1.82, 2.24) is 9.97 Å². The van der Waals surface area contributed by atoms with E-state index < -0.39 is 26.5 Å². The van der Waals surface area contributed by atoms with Crippen LogP contribution in [-0.4, -0.2) is 24.6 Å². The molecule has 1 aliphatic rings. The lowest BCUT2D eigenvalue weighted by molar-refractivity contribution is 0.416. The number of benzene rings is 1. The molecule has 0 saturated heterocycles. The zero-order chi connectivity index (χ0) is 22.9. The van der Waals surface area contributed by atoms with Gasteiger partial charge in [0.15, 0.2) is 34.6 Å². The molecule has 1 N–H and O–H groups in total. The van der Waals surface area contributed by atoms with Gasteiger partial charge in [0.2, 0.25) is 5.82 Å². The van der Waals surface area contributed by atoms with Gasteiger partial charge in [0.25, 0.3) is 9.06 Å². The molecule has 1 aliphatic carbocycles. The molecule has 1 fully saturated rings. The molecule has 1 aromatic carbocycles. The average molecular weight is 480 g/mol. The maximum absolute atomic E-state index is 14.7. The number of hydrogen-bond donors (Lipinski definition) is 1. The van der Waals surface area contributed by atoms with Crippen molar-refractivity contribution < 1.29 is 26.7 Å². The van der Waals surface area contributed by atoms with E-state index in [0.717, 1.165) is 18.4 Å². The van der Waals surface area contributed by atoms with Gasteiger partial charge in [0.1, 0.15) is 0 Å². The van der Waals surface area contributed by atoms with Gasteiger partial charge in [-0.2, -0.15) is 12.8 Å². The molecule has 0 radical (unpaired) electrons. The first-order valence-corrected chi connectivity index (χ1v) is 12.8. The first-order chi connectivity index (χ1) is 15.3. The number of ether oxygens (including phenoxy) is 2. The predicted octanol–water partition coefficient (Wildman–Crippen LogP) is 5.54. The number of hydrogen-bond acceptors (Lipinski definition) is 7. The minimum absolute atomic E-state index is 0.0419. The summed E-state index contributed by atoms with van der Waals surface area (Å²) in [4.78, 5) is 7.73. The number of nitrogens with zero attached hydrogens (tertiary/aromatic N) is 2. The quantitative estimate of drug-likeness (QED) is 0.424. The summed E-state index contributed by atoms with van der Waals surface area (Å²) in [5, 5.41) is 0. The van der Waals surface area contributed by atoms with E-state index in [1.165, 1.54) is 37.0 Å². The predicted molar refractivity (Wildman–Crippen MR) is 118 cm³/mol. The van der Waals surface area contributed by atoms with Crippen LogP contribution >= 0.6 is 10.8 Å². The van der Waals surface area contributed by atoms with Gasteiger partial charge in [0, 0.05) is 17.8 Å². The highest BCUT2D eigenvalue weighted by atomic mass is 33.1. The number of halogens is 2. The molecule has 2 aromatic heterocycles. The van der Waals surface area contributed by atoms with Crippen LogP contribution in [0.3, 0.4) is 0 Å². The maximum atomic E-state index is 14.7. The number of nitrogens with one attached hydrogen (secondary N) is 1. The molecule has 0 spiro atoms. The van der Waals surface area contributed by atoms with Crippen molar-refractivity contribution in [2.45, 2.75) is 25.7 Å². The Morgan fingerprint density at radius 2 is 1.75 bits per heavy atom. The standard InChI is InChI=1S/C21H19F2N3O4S2/c1-12-18(29-16-6-5-14(9-15(16)22)13-3-4-13)10-24-11-19(12)30-17-7-8-25-21(20(17)23)26-32(27,28)31-2/h5-11,13H,3-4H2,1-2H3,(H,25,26). The number of pyridine rings is 2. The summed E-state index contributed by atoms with van der Waals surface area (Å²) in [6, 6.07) is 6.13. The average Bonchev–Trinajstić information content (AvgIpc) is 3.60. The van der Waals surface area contributed by atoms with Crippen LogP contribution in [0.2, 0.25) is 0 Å². The Balaban J connectivity index is 1.57. The van der Waals surface area contributed by atoms with Gasteiger partial charge in [-0.25, -0.2) is 9.37 Å². The van der Waals surface area contributed by atoms with E-state index in [1.807, 2.05) is 10.8 Å². The molecule has 2 heterocycles. The number of anilines is 1. The van der Waals surface area contributed by atoms with E-state index in [1.54, 1.807) is 13.0 Å². The molecular weight excluding hydrogens is 460 g/mol. The molecule has 0 amide bonds. The van der Waals surface area contributed by atoms with Crippen LogP contribution in [0.15, 0.2) is 42.9 Å².